The van der Waals surface area contributed by atoms with Crippen LogP contribution in [0.1, 0.15) is 0 Å². The van der Waals surface area contributed by atoms with Crippen molar-refractivity contribution >= 4 is 0 Å². The third-order valence-electron chi connectivity index (χ3n) is 1.10. The van der Waals surface area contributed by atoms with Crippen LogP contribution in [0, 0.1) is 6.08 Å². The maximum atomic E-state index is 12.1. The average Bonchev–Trinajstić information content (AvgIpc) is 1.77. The van der Waals surface area contributed by atoms with Crippen LogP contribution < -0.4 is 0 Å². The highest BCUT2D eigenvalue weighted by Gasteiger charge is 2.53. The molecule has 1 aliphatic carbocycles. The summed E-state index contributed by atoms with van der Waals surface area (Å²) in [6.45, 7) is 0. The monoisotopic (exact) mass is 151 g/mol. The molecule has 0 aromatic carbocycles. The molecule has 1 radical (unpaired) electrons. The van der Waals surface area contributed by atoms with Gasteiger partial charge in [0.15, 0.2) is 0 Å². The molecule has 0 N–H and O–H groups in total. The Balaban J connectivity index is 2.96. The second-order valence-electron chi connectivity index (χ2n) is 1.89. The van der Waals surface area contributed by atoms with E-state index in [1.807, 2.05) is 6.08 Å². The molecule has 0 aromatic heterocycles. The van der Waals surface area contributed by atoms with E-state index in [4.69, 9.17) is 0 Å². The maximum absolute atomic E-state index is 12.1. The Morgan fingerprint density at radius 3 is 1.90 bits per heavy atom. The average molecular weight is 151 g/mol. The highest BCUT2D eigenvalue weighted by atomic mass is 19.3. The predicted molar refractivity (Wildman–Crippen MR) is 26.8 cm³/mol. The van der Waals surface area contributed by atoms with E-state index in [9.17, 15) is 17.6 Å². The molecule has 55 valence electrons. The Bertz CT molecular complexity index is 168. The van der Waals surface area contributed by atoms with Gasteiger partial charge in [0, 0.05) is 0 Å². The Morgan fingerprint density at radius 1 is 1.00 bits per heavy atom. The minimum absolute atomic E-state index is 0.0625. The van der Waals surface area contributed by atoms with Crippen molar-refractivity contribution in [3.8, 4) is 0 Å². The molecule has 10 heavy (non-hydrogen) atoms. The van der Waals surface area contributed by atoms with Gasteiger partial charge in [0.1, 0.15) is 0 Å². The quantitative estimate of drug-likeness (QED) is 0.465. The molecule has 0 spiro atoms. The molecule has 0 saturated heterocycles. The van der Waals surface area contributed by atoms with Crippen LogP contribution in [-0.2, 0) is 0 Å². The smallest absolute Gasteiger partial charge is 0.195 e. The molecule has 0 bridgehead atoms. The Morgan fingerprint density at radius 2 is 1.60 bits per heavy atom. The van der Waals surface area contributed by atoms with Gasteiger partial charge in [-0.1, -0.05) is 6.08 Å². The SMILES string of the molecule is FC1(F)C=[C]C=CC1(F)F. The van der Waals surface area contributed by atoms with Crippen LogP contribution >= 0.6 is 0 Å². The van der Waals surface area contributed by atoms with Gasteiger partial charge in [-0.05, 0) is 18.2 Å². The zero-order valence-corrected chi connectivity index (χ0v) is 4.74. The van der Waals surface area contributed by atoms with Gasteiger partial charge >= 0.3 is 11.8 Å². The Labute approximate surface area is 54.8 Å². The lowest BCUT2D eigenvalue weighted by molar-refractivity contribution is -0.148. The minimum atomic E-state index is -4.08. The van der Waals surface area contributed by atoms with Gasteiger partial charge in [-0.3, -0.25) is 0 Å². The second-order valence-corrected chi connectivity index (χ2v) is 1.89. The van der Waals surface area contributed by atoms with Gasteiger partial charge in [0.05, 0.1) is 0 Å². The summed E-state index contributed by atoms with van der Waals surface area (Å²) in [5.74, 6) is -8.14. The first-order chi connectivity index (χ1) is 4.46. The maximum Gasteiger partial charge on any atom is 0.333 e. The fourth-order valence-corrected chi connectivity index (χ4v) is 0.513. The van der Waals surface area contributed by atoms with E-state index in [1.54, 1.807) is 0 Å². The lowest BCUT2D eigenvalue weighted by atomic mass is 10.1. The predicted octanol–water partition coefficient (Wildman–Crippen LogP) is 2.19. The molecule has 0 atom stereocenters. The Hall–Kier alpha value is -0.800. The Kier molecular flexibility index (Phi) is 1.34. The van der Waals surface area contributed by atoms with E-state index in [0.717, 1.165) is 6.08 Å². The molecule has 0 saturated carbocycles. The molecule has 4 heteroatoms. The summed E-state index contributed by atoms with van der Waals surface area (Å²) in [5, 5.41) is 0. The number of halogens is 4. The van der Waals surface area contributed by atoms with Crippen LogP contribution in [-0.4, -0.2) is 11.8 Å². The first-order valence-corrected chi connectivity index (χ1v) is 2.49. The van der Waals surface area contributed by atoms with E-state index in [1.165, 1.54) is 0 Å². The van der Waals surface area contributed by atoms with Gasteiger partial charge < -0.3 is 0 Å². The van der Waals surface area contributed by atoms with Crippen LogP contribution in [0.3, 0.4) is 0 Å². The highest BCUT2D eigenvalue weighted by Crippen LogP contribution is 2.38. The fourth-order valence-electron chi connectivity index (χ4n) is 0.513. The third kappa shape index (κ3) is 0.936. The molecular formula is C6H3F4. The van der Waals surface area contributed by atoms with Gasteiger partial charge in [-0.15, -0.1) is 0 Å². The summed E-state index contributed by atoms with van der Waals surface area (Å²) in [4.78, 5) is 0. The van der Waals surface area contributed by atoms with Crippen LogP contribution in [0.25, 0.3) is 0 Å². The first-order valence-electron chi connectivity index (χ1n) is 2.49. The van der Waals surface area contributed by atoms with Crippen LogP contribution in [0.5, 0.6) is 0 Å². The molecule has 0 amide bonds. The van der Waals surface area contributed by atoms with Crippen molar-refractivity contribution in [1.82, 2.24) is 0 Å². The molecule has 0 unspecified atom stereocenters. The van der Waals surface area contributed by atoms with Gasteiger partial charge in [0.25, 0.3) is 0 Å². The number of allylic oxidation sites excluding steroid dienone is 4. The second kappa shape index (κ2) is 1.84. The molecule has 1 aliphatic rings. The lowest BCUT2D eigenvalue weighted by Gasteiger charge is -2.21. The standard InChI is InChI=1S/C6H3F4/c7-5(8)3-1-2-4-6(5,9)10/h1,3-4H. The van der Waals surface area contributed by atoms with Crippen LogP contribution in [0.2, 0.25) is 0 Å². The van der Waals surface area contributed by atoms with Gasteiger partial charge in [0.2, 0.25) is 0 Å². The molecule has 0 fully saturated rings. The fraction of sp³-hybridized carbons (Fsp3) is 0.333. The number of hydrogen-bond donors (Lipinski definition) is 0. The van der Waals surface area contributed by atoms with Crippen molar-refractivity contribution in [2.75, 3.05) is 0 Å². The molecule has 0 nitrogen and oxygen atoms in total. The summed E-state index contributed by atoms with van der Waals surface area (Å²) in [6, 6.07) is 0. The van der Waals surface area contributed by atoms with Crippen LogP contribution in [0.4, 0.5) is 17.6 Å². The summed E-state index contributed by atoms with van der Waals surface area (Å²) in [6.07, 6.45) is 2.86. The van der Waals surface area contributed by atoms with Crippen LogP contribution in [0.15, 0.2) is 18.2 Å². The normalized spacial score (nSPS) is 26.8. The van der Waals surface area contributed by atoms with Crippen molar-refractivity contribution < 1.29 is 17.6 Å². The summed E-state index contributed by atoms with van der Waals surface area (Å²) < 4.78 is 48.3. The zero-order valence-electron chi connectivity index (χ0n) is 4.74. The van der Waals surface area contributed by atoms with E-state index in [0.29, 0.717) is 0 Å². The summed E-state index contributed by atoms with van der Waals surface area (Å²) >= 11 is 0. The zero-order chi connectivity index (χ0) is 7.83. The van der Waals surface area contributed by atoms with E-state index in [2.05, 4.69) is 0 Å². The van der Waals surface area contributed by atoms with Crippen molar-refractivity contribution in [2.24, 2.45) is 0 Å². The van der Waals surface area contributed by atoms with E-state index in [-0.39, 0.29) is 12.2 Å². The number of hydrogen-bond acceptors (Lipinski definition) is 0. The van der Waals surface area contributed by atoms with E-state index >= 15 is 0 Å². The number of alkyl halides is 4. The lowest BCUT2D eigenvalue weighted by Crippen LogP contribution is -2.37. The molecule has 1 rings (SSSR count). The summed E-state index contributed by atoms with van der Waals surface area (Å²) in [5.41, 5.74) is 0. The molecule has 0 heterocycles. The highest BCUT2D eigenvalue weighted by molar-refractivity contribution is 5.19. The van der Waals surface area contributed by atoms with E-state index < -0.39 is 11.8 Å². The van der Waals surface area contributed by atoms with Crippen molar-refractivity contribution in [3.63, 3.8) is 0 Å². The molecular weight excluding hydrogens is 148 g/mol. The number of rotatable bonds is 0. The first kappa shape index (κ1) is 7.31. The molecule has 0 aromatic rings. The summed E-state index contributed by atoms with van der Waals surface area (Å²) in [7, 11) is 0. The molecule has 0 aliphatic heterocycles. The van der Waals surface area contributed by atoms with Gasteiger partial charge in [-0.2, -0.15) is 17.6 Å². The van der Waals surface area contributed by atoms with Gasteiger partial charge in [-0.25, -0.2) is 0 Å². The van der Waals surface area contributed by atoms with Crippen molar-refractivity contribution in [1.29, 1.82) is 0 Å². The topological polar surface area (TPSA) is 0 Å². The third-order valence-corrected chi connectivity index (χ3v) is 1.10. The largest absolute Gasteiger partial charge is 0.333 e. The van der Waals surface area contributed by atoms with Crippen molar-refractivity contribution in [2.45, 2.75) is 11.8 Å². The minimum Gasteiger partial charge on any atom is -0.195 e. The van der Waals surface area contributed by atoms with Crippen molar-refractivity contribution in [3.05, 3.63) is 24.3 Å².